The van der Waals surface area contributed by atoms with Gasteiger partial charge in [-0.05, 0) is 51.6 Å². The zero-order valence-electron chi connectivity index (χ0n) is 12.4. The predicted molar refractivity (Wildman–Crippen MR) is 78.7 cm³/mol. The monoisotopic (exact) mass is 336 g/mol. The maximum Gasteiger partial charge on any atom is 0.417 e. The minimum absolute atomic E-state index is 0.00689. The van der Waals surface area contributed by atoms with Crippen LogP contribution in [0.2, 0.25) is 5.02 Å². The third-order valence-electron chi connectivity index (χ3n) is 4.16. The molecule has 1 heterocycles. The lowest BCUT2D eigenvalue weighted by Gasteiger charge is -2.36. The maximum atomic E-state index is 12.6. The van der Waals surface area contributed by atoms with E-state index >= 15 is 0 Å². The van der Waals surface area contributed by atoms with Crippen LogP contribution < -0.4 is 5.32 Å². The van der Waals surface area contributed by atoms with Crippen LogP contribution in [0.3, 0.4) is 0 Å². The highest BCUT2D eigenvalue weighted by molar-refractivity contribution is 6.31. The van der Waals surface area contributed by atoms with Crippen LogP contribution >= 0.6 is 11.6 Å². The Labute approximate surface area is 132 Å². The van der Waals surface area contributed by atoms with Gasteiger partial charge in [0, 0.05) is 12.2 Å². The molecule has 1 aliphatic carbocycles. The second kappa shape index (κ2) is 6.72. The molecular weight excluding hydrogens is 317 g/mol. The van der Waals surface area contributed by atoms with E-state index in [1.807, 2.05) is 0 Å². The van der Waals surface area contributed by atoms with E-state index < -0.39 is 17.3 Å². The van der Waals surface area contributed by atoms with Crippen molar-refractivity contribution in [2.24, 2.45) is 0 Å². The molecule has 1 saturated carbocycles. The molecular formula is C15H20ClF3N2O. The van der Waals surface area contributed by atoms with Gasteiger partial charge in [0.25, 0.3) is 0 Å². The number of nitrogens with one attached hydrogen (secondary N) is 1. The van der Waals surface area contributed by atoms with Gasteiger partial charge in [0.15, 0.2) is 0 Å². The number of aliphatic hydroxyl groups is 1. The fourth-order valence-electron chi connectivity index (χ4n) is 2.59. The number of hydrogen-bond donors (Lipinski definition) is 2. The Morgan fingerprint density at radius 1 is 1.45 bits per heavy atom. The fourth-order valence-corrected chi connectivity index (χ4v) is 2.92. The summed E-state index contributed by atoms with van der Waals surface area (Å²) in [7, 11) is 0. The lowest BCUT2D eigenvalue weighted by atomic mass is 9.77. The number of aromatic nitrogens is 1. The molecule has 1 aromatic rings. The number of pyridine rings is 1. The molecule has 1 atom stereocenters. The van der Waals surface area contributed by atoms with Gasteiger partial charge in [-0.25, -0.2) is 0 Å². The molecule has 2 rings (SSSR count). The molecule has 1 unspecified atom stereocenters. The normalized spacial score (nSPS) is 18.8. The summed E-state index contributed by atoms with van der Waals surface area (Å²) < 4.78 is 37.7. The lowest BCUT2D eigenvalue weighted by Crippen LogP contribution is -2.37. The highest BCUT2D eigenvalue weighted by Crippen LogP contribution is 2.35. The molecule has 124 valence electrons. The highest BCUT2D eigenvalue weighted by Gasteiger charge is 2.33. The lowest BCUT2D eigenvalue weighted by molar-refractivity contribution is -0.137. The molecule has 1 aromatic heterocycles. The highest BCUT2D eigenvalue weighted by atomic mass is 35.5. The Balaban J connectivity index is 1.85. The van der Waals surface area contributed by atoms with E-state index in [-0.39, 0.29) is 11.1 Å². The molecule has 2 N–H and O–H groups in total. The maximum absolute atomic E-state index is 12.6. The molecule has 0 saturated heterocycles. The summed E-state index contributed by atoms with van der Waals surface area (Å²) in [6.07, 6.45) is 0.690. The average Bonchev–Trinajstić information content (AvgIpc) is 2.40. The Morgan fingerprint density at radius 3 is 2.64 bits per heavy atom. The van der Waals surface area contributed by atoms with E-state index in [1.165, 1.54) is 0 Å². The number of hydrogen-bond acceptors (Lipinski definition) is 3. The van der Waals surface area contributed by atoms with Crippen LogP contribution in [-0.4, -0.2) is 22.2 Å². The van der Waals surface area contributed by atoms with Crippen molar-refractivity contribution < 1.29 is 18.3 Å². The molecule has 3 nitrogen and oxygen atoms in total. The van der Waals surface area contributed by atoms with Crippen LogP contribution in [0, 0.1) is 0 Å². The first-order valence-electron chi connectivity index (χ1n) is 7.40. The van der Waals surface area contributed by atoms with Gasteiger partial charge in [-0.3, -0.25) is 4.98 Å². The Kier molecular flexibility index (Phi) is 5.35. The van der Waals surface area contributed by atoms with E-state index in [4.69, 9.17) is 11.6 Å². The van der Waals surface area contributed by atoms with E-state index in [1.54, 1.807) is 6.92 Å². The summed E-state index contributed by atoms with van der Waals surface area (Å²) in [6.45, 7) is 2.46. The zero-order chi connectivity index (χ0) is 16.4. The Hall–Kier alpha value is -0.850. The smallest absolute Gasteiger partial charge is 0.390 e. The second-order valence-electron chi connectivity index (χ2n) is 5.95. The van der Waals surface area contributed by atoms with Crippen molar-refractivity contribution in [3.05, 3.63) is 28.5 Å². The third-order valence-corrected chi connectivity index (χ3v) is 4.46. The summed E-state index contributed by atoms with van der Waals surface area (Å²) >= 11 is 5.90. The summed E-state index contributed by atoms with van der Waals surface area (Å²) in [4.78, 5) is 3.84. The molecule has 0 radical (unpaired) electrons. The first-order valence-corrected chi connectivity index (χ1v) is 7.77. The Morgan fingerprint density at radius 2 is 2.14 bits per heavy atom. The number of rotatable bonds is 6. The van der Waals surface area contributed by atoms with E-state index in [9.17, 15) is 18.3 Å². The van der Waals surface area contributed by atoms with Crippen LogP contribution in [0.25, 0.3) is 0 Å². The zero-order valence-corrected chi connectivity index (χ0v) is 13.1. The topological polar surface area (TPSA) is 45.1 Å². The average molecular weight is 337 g/mol. The van der Waals surface area contributed by atoms with Crippen LogP contribution in [0.5, 0.6) is 0 Å². The van der Waals surface area contributed by atoms with Crippen molar-refractivity contribution in [2.75, 3.05) is 6.54 Å². The van der Waals surface area contributed by atoms with Crippen molar-refractivity contribution in [1.29, 1.82) is 0 Å². The summed E-state index contributed by atoms with van der Waals surface area (Å²) in [6, 6.07) is 0.657. The minimum Gasteiger partial charge on any atom is -0.390 e. The van der Waals surface area contributed by atoms with Gasteiger partial charge < -0.3 is 10.4 Å². The molecule has 7 heteroatoms. The molecule has 1 fully saturated rings. The van der Waals surface area contributed by atoms with Crippen LogP contribution in [0.1, 0.15) is 56.3 Å². The summed E-state index contributed by atoms with van der Waals surface area (Å²) in [5.74, 6) is 0. The summed E-state index contributed by atoms with van der Waals surface area (Å²) in [5, 5.41) is 13.2. The standard InChI is InChI=1S/C15H20ClF3N2O/c1-10(20-7-3-6-14(22)4-2-5-14)13-12(16)8-11(9-21-13)15(17,18)19/h8-10,20,22H,2-7H2,1H3. The van der Waals surface area contributed by atoms with Crippen molar-refractivity contribution in [3.8, 4) is 0 Å². The van der Waals surface area contributed by atoms with Gasteiger partial charge in [0.1, 0.15) is 0 Å². The number of nitrogens with zero attached hydrogens (tertiary/aromatic N) is 1. The molecule has 0 amide bonds. The molecule has 1 aliphatic rings. The van der Waals surface area contributed by atoms with Gasteiger partial charge in [-0.2, -0.15) is 13.2 Å². The van der Waals surface area contributed by atoms with Gasteiger partial charge in [-0.1, -0.05) is 11.6 Å². The van der Waals surface area contributed by atoms with Crippen molar-refractivity contribution in [1.82, 2.24) is 10.3 Å². The first kappa shape index (κ1) is 17.5. The van der Waals surface area contributed by atoms with Gasteiger partial charge in [0.2, 0.25) is 0 Å². The second-order valence-corrected chi connectivity index (χ2v) is 6.35. The quantitative estimate of drug-likeness (QED) is 0.769. The number of halogens is 4. The van der Waals surface area contributed by atoms with Gasteiger partial charge >= 0.3 is 6.18 Å². The SMILES string of the molecule is CC(NCCCC1(O)CCC1)c1ncc(C(F)(F)F)cc1Cl. The number of alkyl halides is 3. The van der Waals surface area contributed by atoms with E-state index in [0.717, 1.165) is 44.4 Å². The predicted octanol–water partition coefficient (Wildman–Crippen LogP) is 4.10. The molecule has 0 aromatic carbocycles. The van der Waals surface area contributed by atoms with Crippen molar-refractivity contribution >= 4 is 11.6 Å². The molecule has 0 bridgehead atoms. The fraction of sp³-hybridized carbons (Fsp3) is 0.667. The molecule has 0 aliphatic heterocycles. The van der Waals surface area contributed by atoms with E-state index in [2.05, 4.69) is 10.3 Å². The van der Waals surface area contributed by atoms with Crippen LogP contribution in [0.15, 0.2) is 12.3 Å². The van der Waals surface area contributed by atoms with Gasteiger partial charge in [0.05, 0.1) is 21.9 Å². The largest absolute Gasteiger partial charge is 0.417 e. The first-order chi connectivity index (χ1) is 10.2. The van der Waals surface area contributed by atoms with Crippen LogP contribution in [0.4, 0.5) is 13.2 Å². The van der Waals surface area contributed by atoms with E-state index in [0.29, 0.717) is 12.2 Å². The summed E-state index contributed by atoms with van der Waals surface area (Å²) in [5.41, 5.74) is -0.951. The molecule has 22 heavy (non-hydrogen) atoms. The third kappa shape index (κ3) is 4.33. The van der Waals surface area contributed by atoms with Crippen molar-refractivity contribution in [2.45, 2.75) is 56.8 Å². The van der Waals surface area contributed by atoms with Gasteiger partial charge in [-0.15, -0.1) is 0 Å². The molecule has 0 spiro atoms. The minimum atomic E-state index is -4.44. The Bertz CT molecular complexity index is 518. The van der Waals surface area contributed by atoms with Crippen molar-refractivity contribution in [3.63, 3.8) is 0 Å². The van der Waals surface area contributed by atoms with Crippen LogP contribution in [-0.2, 0) is 6.18 Å².